The van der Waals surface area contributed by atoms with Crippen molar-refractivity contribution in [3.8, 4) is 11.3 Å². The Hall–Kier alpha value is -2.34. The van der Waals surface area contributed by atoms with Crippen molar-refractivity contribution in [2.75, 3.05) is 5.32 Å². The van der Waals surface area contributed by atoms with Gasteiger partial charge in [-0.25, -0.2) is 0 Å². The van der Waals surface area contributed by atoms with Crippen LogP contribution in [-0.4, -0.2) is 22.3 Å². The van der Waals surface area contributed by atoms with E-state index in [9.17, 15) is 4.79 Å². The molecule has 2 aliphatic rings. The Morgan fingerprint density at radius 2 is 1.82 bits per heavy atom. The highest BCUT2D eigenvalue weighted by Crippen LogP contribution is 2.42. The molecule has 7 heteroatoms. The van der Waals surface area contributed by atoms with Gasteiger partial charge in [0.2, 0.25) is 0 Å². The van der Waals surface area contributed by atoms with Crippen molar-refractivity contribution in [2.45, 2.75) is 44.1 Å². The Bertz CT molecular complexity index is 1210. The number of furan rings is 1. The fourth-order valence-electron chi connectivity index (χ4n) is 4.73. The van der Waals surface area contributed by atoms with E-state index in [1.807, 2.05) is 54.6 Å². The van der Waals surface area contributed by atoms with Crippen molar-refractivity contribution < 1.29 is 9.21 Å². The number of hydrogen-bond donors (Lipinski definition) is 1. The molecule has 176 valence electrons. The molecule has 1 amide bonds. The number of nitrogens with one attached hydrogen (secondary N) is 1. The first-order valence-electron chi connectivity index (χ1n) is 11.6. The van der Waals surface area contributed by atoms with E-state index in [1.165, 1.54) is 6.42 Å². The maximum atomic E-state index is 13.6. The minimum atomic E-state index is -0.156. The number of rotatable bonds is 5. The second-order valence-corrected chi connectivity index (χ2v) is 10.8. The number of benzene rings is 2. The molecule has 1 aliphatic carbocycles. The maximum absolute atomic E-state index is 13.6. The fraction of sp³-hybridized carbons (Fsp3) is 0.296. The minimum Gasteiger partial charge on any atom is -0.457 e. The molecule has 3 atom stereocenters. The van der Waals surface area contributed by atoms with Crippen LogP contribution in [0.2, 0.25) is 10.0 Å². The average Bonchev–Trinajstić information content (AvgIpc) is 3.42. The van der Waals surface area contributed by atoms with E-state index in [-0.39, 0.29) is 17.4 Å². The van der Waals surface area contributed by atoms with Gasteiger partial charge in [-0.05, 0) is 61.2 Å². The van der Waals surface area contributed by atoms with Gasteiger partial charge in [0.15, 0.2) is 5.50 Å². The van der Waals surface area contributed by atoms with Gasteiger partial charge in [0.1, 0.15) is 11.5 Å². The van der Waals surface area contributed by atoms with Crippen molar-refractivity contribution in [1.29, 1.82) is 0 Å². The first kappa shape index (κ1) is 23.4. The smallest absolute Gasteiger partial charge is 0.263 e. The van der Waals surface area contributed by atoms with Gasteiger partial charge < -0.3 is 14.6 Å². The molecular weight excluding hydrogens is 487 g/mol. The summed E-state index contributed by atoms with van der Waals surface area (Å²) in [7, 11) is 0. The van der Waals surface area contributed by atoms with Gasteiger partial charge >= 0.3 is 0 Å². The Morgan fingerprint density at radius 3 is 2.59 bits per heavy atom. The zero-order valence-electron chi connectivity index (χ0n) is 18.8. The number of anilines is 1. The molecule has 1 aliphatic heterocycles. The van der Waals surface area contributed by atoms with E-state index in [0.29, 0.717) is 32.4 Å². The van der Waals surface area contributed by atoms with Crippen molar-refractivity contribution in [2.24, 2.45) is 5.92 Å². The lowest BCUT2D eigenvalue weighted by molar-refractivity contribution is -0.129. The van der Waals surface area contributed by atoms with E-state index in [2.05, 4.69) is 17.1 Å². The largest absolute Gasteiger partial charge is 0.457 e. The second kappa shape index (κ2) is 10.1. The van der Waals surface area contributed by atoms with Gasteiger partial charge in [0, 0.05) is 23.4 Å². The molecule has 2 aromatic carbocycles. The summed E-state index contributed by atoms with van der Waals surface area (Å²) < 4.78 is 6.05. The molecule has 1 aromatic heterocycles. The normalized spacial score (nSPS) is 24.1. The van der Waals surface area contributed by atoms with Crippen LogP contribution in [0.15, 0.2) is 70.0 Å². The Labute approximate surface area is 214 Å². The molecular formula is C27H26Cl2N2O2S. The van der Waals surface area contributed by atoms with Crippen LogP contribution in [0.4, 0.5) is 5.69 Å². The Morgan fingerprint density at radius 1 is 1.03 bits per heavy atom. The highest BCUT2D eigenvalue weighted by molar-refractivity contribution is 8.05. The zero-order valence-corrected chi connectivity index (χ0v) is 21.2. The first-order chi connectivity index (χ1) is 16.5. The molecule has 2 heterocycles. The Balaban J connectivity index is 1.43. The SMILES string of the molecule is C[C@@H]1CCCC[C@H]1N1C(=O)/C(=C/c2ccc(-c3ccc(Cl)c(Cl)c3)o2)SC1Nc1ccccc1. The molecule has 0 radical (unpaired) electrons. The number of amides is 1. The van der Waals surface area contributed by atoms with Gasteiger partial charge in [-0.2, -0.15) is 0 Å². The van der Waals surface area contributed by atoms with E-state index in [0.717, 1.165) is 30.5 Å². The topological polar surface area (TPSA) is 45.5 Å². The monoisotopic (exact) mass is 512 g/mol. The van der Waals surface area contributed by atoms with Gasteiger partial charge in [-0.1, -0.05) is 72.9 Å². The summed E-state index contributed by atoms with van der Waals surface area (Å²) >= 11 is 13.8. The van der Waals surface area contributed by atoms with Gasteiger partial charge in [-0.3, -0.25) is 4.79 Å². The standard InChI is InChI=1S/C27H26Cl2N2O2S/c1-17-7-5-6-10-23(17)31-26(32)25(34-27(31)30-19-8-3-2-4-9-19)16-20-12-14-24(33-20)18-11-13-21(28)22(29)15-18/h2-4,8-9,11-17,23,27,30H,5-7,10H2,1H3/b25-16-/t17-,23-,27?/m1/s1. The van der Waals surface area contributed by atoms with E-state index >= 15 is 0 Å². The molecule has 34 heavy (non-hydrogen) atoms. The van der Waals surface area contributed by atoms with E-state index in [1.54, 1.807) is 23.9 Å². The lowest BCUT2D eigenvalue weighted by Gasteiger charge is -2.39. The summed E-state index contributed by atoms with van der Waals surface area (Å²) in [6, 6.07) is 19.4. The van der Waals surface area contributed by atoms with Gasteiger partial charge in [0.25, 0.3) is 5.91 Å². The predicted octanol–water partition coefficient (Wildman–Crippen LogP) is 8.14. The fourth-order valence-corrected chi connectivity index (χ4v) is 6.22. The van der Waals surface area contributed by atoms with Crippen LogP contribution in [0, 0.1) is 5.92 Å². The quantitative estimate of drug-likeness (QED) is 0.350. The molecule has 1 N–H and O–H groups in total. The van der Waals surface area contributed by atoms with Gasteiger partial charge in [-0.15, -0.1) is 0 Å². The number of para-hydroxylation sites is 1. The summed E-state index contributed by atoms with van der Waals surface area (Å²) in [6.45, 7) is 2.26. The summed E-state index contributed by atoms with van der Waals surface area (Å²) in [6.07, 6.45) is 6.43. The van der Waals surface area contributed by atoms with E-state index in [4.69, 9.17) is 27.6 Å². The van der Waals surface area contributed by atoms with Gasteiger partial charge in [0.05, 0.1) is 15.0 Å². The second-order valence-electron chi connectivity index (χ2n) is 8.86. The van der Waals surface area contributed by atoms with Crippen LogP contribution in [0.25, 0.3) is 17.4 Å². The molecule has 4 nitrogen and oxygen atoms in total. The minimum absolute atomic E-state index is 0.0599. The summed E-state index contributed by atoms with van der Waals surface area (Å²) in [5.74, 6) is 1.85. The summed E-state index contributed by atoms with van der Waals surface area (Å²) in [5, 5.41) is 4.54. The number of carbonyl (C=O) groups is 1. The van der Waals surface area contributed by atoms with Crippen molar-refractivity contribution in [1.82, 2.24) is 4.90 Å². The molecule has 2 fully saturated rings. The van der Waals surface area contributed by atoms with Crippen LogP contribution < -0.4 is 5.32 Å². The molecule has 1 saturated heterocycles. The van der Waals surface area contributed by atoms with Crippen LogP contribution in [-0.2, 0) is 4.79 Å². The summed E-state index contributed by atoms with van der Waals surface area (Å²) in [4.78, 5) is 16.4. The van der Waals surface area contributed by atoms with Crippen molar-refractivity contribution in [3.05, 3.63) is 81.4 Å². The third-order valence-corrected chi connectivity index (χ3v) is 8.38. The van der Waals surface area contributed by atoms with Crippen LogP contribution in [0.3, 0.4) is 0 Å². The molecule has 5 rings (SSSR count). The number of nitrogens with zero attached hydrogens (tertiary/aromatic N) is 1. The third kappa shape index (κ3) is 4.88. The highest BCUT2D eigenvalue weighted by atomic mass is 35.5. The molecule has 3 aromatic rings. The molecule has 0 spiro atoms. The average molecular weight is 513 g/mol. The number of thioether (sulfide) groups is 1. The molecule has 1 unspecified atom stereocenters. The number of halogens is 2. The Kier molecular flexibility index (Phi) is 6.96. The first-order valence-corrected chi connectivity index (χ1v) is 13.2. The predicted molar refractivity (Wildman–Crippen MR) is 142 cm³/mol. The lowest BCUT2D eigenvalue weighted by Crippen LogP contribution is -2.48. The maximum Gasteiger partial charge on any atom is 0.263 e. The third-order valence-electron chi connectivity index (χ3n) is 6.53. The molecule has 1 saturated carbocycles. The molecule has 0 bridgehead atoms. The number of hydrogen-bond acceptors (Lipinski definition) is 4. The van der Waals surface area contributed by atoms with Crippen LogP contribution in [0.5, 0.6) is 0 Å². The zero-order chi connectivity index (χ0) is 23.7. The van der Waals surface area contributed by atoms with Crippen molar-refractivity contribution >= 4 is 52.6 Å². The van der Waals surface area contributed by atoms with Crippen LogP contribution in [0.1, 0.15) is 38.4 Å². The van der Waals surface area contributed by atoms with Crippen LogP contribution >= 0.6 is 35.0 Å². The highest BCUT2D eigenvalue weighted by Gasteiger charge is 2.43. The van der Waals surface area contributed by atoms with Crippen molar-refractivity contribution in [3.63, 3.8) is 0 Å². The summed E-state index contributed by atoms with van der Waals surface area (Å²) in [5.41, 5.74) is 1.68. The lowest BCUT2D eigenvalue weighted by atomic mass is 9.85. The number of carbonyl (C=O) groups excluding carboxylic acids is 1. The van der Waals surface area contributed by atoms with E-state index < -0.39 is 0 Å².